The standard InChI is InChI=1S/C12H9FN2O3/c13-7-1-3-8(4-2-7)18-11-5-9(12(16)17)10(14)6-15-11/h1-6H,14H2,(H,16,17). The van der Waals surface area contributed by atoms with Crippen molar-refractivity contribution in [3.8, 4) is 11.6 Å². The number of carboxylic acids is 1. The summed E-state index contributed by atoms with van der Waals surface area (Å²) in [6.45, 7) is 0. The molecule has 1 aromatic carbocycles. The third kappa shape index (κ3) is 2.54. The number of aromatic carboxylic acids is 1. The molecule has 0 aliphatic heterocycles. The van der Waals surface area contributed by atoms with Crippen LogP contribution in [0.15, 0.2) is 36.5 Å². The Labute approximate surface area is 102 Å². The van der Waals surface area contributed by atoms with Gasteiger partial charge in [0.15, 0.2) is 0 Å². The van der Waals surface area contributed by atoms with Gasteiger partial charge in [-0.1, -0.05) is 0 Å². The fourth-order valence-corrected chi connectivity index (χ4v) is 1.31. The molecule has 0 aliphatic carbocycles. The van der Waals surface area contributed by atoms with Crippen molar-refractivity contribution in [1.82, 2.24) is 4.98 Å². The SMILES string of the molecule is Nc1cnc(Oc2ccc(F)cc2)cc1C(=O)O. The normalized spacial score (nSPS) is 10.1. The van der Waals surface area contributed by atoms with Gasteiger partial charge in [-0.25, -0.2) is 14.2 Å². The summed E-state index contributed by atoms with van der Waals surface area (Å²) in [4.78, 5) is 14.7. The Morgan fingerprint density at radius 2 is 2.00 bits per heavy atom. The van der Waals surface area contributed by atoms with E-state index in [2.05, 4.69) is 4.98 Å². The number of nitrogen functional groups attached to an aromatic ring is 1. The van der Waals surface area contributed by atoms with E-state index in [0.29, 0.717) is 5.75 Å². The molecule has 3 N–H and O–H groups in total. The van der Waals surface area contributed by atoms with Gasteiger partial charge < -0.3 is 15.6 Å². The second-order valence-electron chi connectivity index (χ2n) is 3.47. The number of carboxylic acid groups (broad SMARTS) is 1. The Bertz CT molecular complexity index is 584. The zero-order valence-electron chi connectivity index (χ0n) is 9.13. The number of halogens is 1. The van der Waals surface area contributed by atoms with Crippen LogP contribution in [0.4, 0.5) is 10.1 Å². The summed E-state index contributed by atoms with van der Waals surface area (Å²) in [6, 6.07) is 6.48. The van der Waals surface area contributed by atoms with Crippen LogP contribution in [-0.2, 0) is 0 Å². The summed E-state index contributed by atoms with van der Waals surface area (Å²) in [5.74, 6) is -1.13. The van der Waals surface area contributed by atoms with Crippen LogP contribution in [0.1, 0.15) is 10.4 Å². The van der Waals surface area contributed by atoms with Gasteiger partial charge in [-0.2, -0.15) is 0 Å². The third-order valence-electron chi connectivity index (χ3n) is 2.18. The van der Waals surface area contributed by atoms with Crippen molar-refractivity contribution in [1.29, 1.82) is 0 Å². The van der Waals surface area contributed by atoms with Crippen LogP contribution in [0.3, 0.4) is 0 Å². The van der Waals surface area contributed by atoms with Crippen molar-refractivity contribution < 1.29 is 19.0 Å². The highest BCUT2D eigenvalue weighted by Crippen LogP contribution is 2.22. The minimum absolute atomic E-state index is 0.0500. The van der Waals surface area contributed by atoms with Crippen molar-refractivity contribution in [3.63, 3.8) is 0 Å². The summed E-state index contributed by atoms with van der Waals surface area (Å²) >= 11 is 0. The van der Waals surface area contributed by atoms with Gasteiger partial charge in [-0.15, -0.1) is 0 Å². The average molecular weight is 248 g/mol. The molecule has 18 heavy (non-hydrogen) atoms. The maximum absolute atomic E-state index is 12.7. The van der Waals surface area contributed by atoms with Crippen LogP contribution in [0.25, 0.3) is 0 Å². The number of hydrogen-bond acceptors (Lipinski definition) is 4. The molecule has 0 radical (unpaired) electrons. The Morgan fingerprint density at radius 3 is 2.61 bits per heavy atom. The number of carbonyl (C=O) groups is 1. The van der Waals surface area contributed by atoms with Gasteiger partial charge in [0.1, 0.15) is 11.6 Å². The molecule has 1 heterocycles. The number of nitrogens with zero attached hydrogens (tertiary/aromatic N) is 1. The van der Waals surface area contributed by atoms with E-state index in [0.717, 1.165) is 0 Å². The molecular formula is C12H9FN2O3. The first kappa shape index (κ1) is 11.8. The molecule has 2 aromatic rings. The van der Waals surface area contributed by atoms with Gasteiger partial charge in [0.25, 0.3) is 0 Å². The first-order chi connectivity index (χ1) is 8.56. The molecule has 0 aliphatic rings. The number of anilines is 1. The predicted octanol–water partition coefficient (Wildman–Crippen LogP) is 2.29. The lowest BCUT2D eigenvalue weighted by Gasteiger charge is -2.06. The lowest BCUT2D eigenvalue weighted by Crippen LogP contribution is -2.03. The highest BCUT2D eigenvalue weighted by molar-refractivity contribution is 5.93. The Kier molecular flexibility index (Phi) is 3.09. The van der Waals surface area contributed by atoms with E-state index in [9.17, 15) is 9.18 Å². The molecule has 92 valence electrons. The van der Waals surface area contributed by atoms with E-state index in [1.54, 1.807) is 0 Å². The number of hydrogen-bond donors (Lipinski definition) is 2. The molecule has 0 saturated carbocycles. The molecule has 0 atom stereocenters. The molecule has 0 spiro atoms. The number of nitrogens with two attached hydrogens (primary N) is 1. The highest BCUT2D eigenvalue weighted by atomic mass is 19.1. The van der Waals surface area contributed by atoms with E-state index >= 15 is 0 Å². The second-order valence-corrected chi connectivity index (χ2v) is 3.47. The molecule has 0 unspecified atom stereocenters. The molecule has 0 fully saturated rings. The second kappa shape index (κ2) is 4.70. The fourth-order valence-electron chi connectivity index (χ4n) is 1.31. The first-order valence-corrected chi connectivity index (χ1v) is 4.98. The summed E-state index contributed by atoms with van der Waals surface area (Å²) < 4.78 is 18.0. The lowest BCUT2D eigenvalue weighted by molar-refractivity contribution is 0.0697. The number of benzene rings is 1. The summed E-state index contributed by atoms with van der Waals surface area (Å²) in [6.07, 6.45) is 1.20. The molecule has 1 aromatic heterocycles. The van der Waals surface area contributed by atoms with Gasteiger partial charge in [-0.05, 0) is 24.3 Å². The van der Waals surface area contributed by atoms with E-state index in [1.165, 1.54) is 36.5 Å². The van der Waals surface area contributed by atoms with Crippen LogP contribution < -0.4 is 10.5 Å². The van der Waals surface area contributed by atoms with Crippen LogP contribution in [-0.4, -0.2) is 16.1 Å². The van der Waals surface area contributed by atoms with Gasteiger partial charge in [0, 0.05) is 6.07 Å². The number of ether oxygens (including phenoxy) is 1. The summed E-state index contributed by atoms with van der Waals surface area (Å²) in [7, 11) is 0. The Hall–Kier alpha value is -2.63. The Morgan fingerprint density at radius 1 is 1.33 bits per heavy atom. The Balaban J connectivity index is 2.27. The quantitative estimate of drug-likeness (QED) is 0.870. The van der Waals surface area contributed by atoms with E-state index < -0.39 is 5.97 Å². The van der Waals surface area contributed by atoms with Gasteiger partial charge in [-0.3, -0.25) is 0 Å². The van der Waals surface area contributed by atoms with Crippen molar-refractivity contribution in [2.24, 2.45) is 0 Å². The zero-order valence-corrected chi connectivity index (χ0v) is 9.13. The predicted molar refractivity (Wildman–Crippen MR) is 62.1 cm³/mol. The maximum atomic E-state index is 12.7. The fraction of sp³-hybridized carbons (Fsp3) is 0. The highest BCUT2D eigenvalue weighted by Gasteiger charge is 2.10. The molecule has 0 amide bonds. The third-order valence-corrected chi connectivity index (χ3v) is 2.18. The minimum Gasteiger partial charge on any atom is -0.478 e. The van der Waals surface area contributed by atoms with E-state index in [1.807, 2.05) is 0 Å². The summed E-state index contributed by atoms with van der Waals surface area (Å²) in [5.41, 5.74) is 5.41. The molecule has 6 heteroatoms. The molecule has 2 rings (SSSR count). The monoisotopic (exact) mass is 248 g/mol. The number of pyridine rings is 1. The van der Waals surface area contributed by atoms with E-state index in [4.69, 9.17) is 15.6 Å². The van der Waals surface area contributed by atoms with Crippen molar-refractivity contribution in [3.05, 3.63) is 47.9 Å². The molecule has 0 saturated heterocycles. The largest absolute Gasteiger partial charge is 0.478 e. The van der Waals surface area contributed by atoms with Crippen molar-refractivity contribution in [2.45, 2.75) is 0 Å². The summed E-state index contributed by atoms with van der Waals surface area (Å²) in [5, 5.41) is 8.88. The van der Waals surface area contributed by atoms with Crippen LogP contribution in [0.2, 0.25) is 0 Å². The molecule has 5 nitrogen and oxygen atoms in total. The smallest absolute Gasteiger partial charge is 0.338 e. The van der Waals surface area contributed by atoms with Crippen LogP contribution in [0.5, 0.6) is 11.6 Å². The van der Waals surface area contributed by atoms with Gasteiger partial charge in [0.2, 0.25) is 5.88 Å². The number of rotatable bonds is 3. The molecular weight excluding hydrogens is 239 g/mol. The molecule has 0 bridgehead atoms. The maximum Gasteiger partial charge on any atom is 0.338 e. The van der Waals surface area contributed by atoms with Crippen LogP contribution in [0, 0.1) is 5.82 Å². The lowest BCUT2D eigenvalue weighted by atomic mass is 10.2. The van der Waals surface area contributed by atoms with E-state index in [-0.39, 0.29) is 22.9 Å². The number of aromatic nitrogens is 1. The average Bonchev–Trinajstić information content (AvgIpc) is 2.34. The van der Waals surface area contributed by atoms with Gasteiger partial charge in [0.05, 0.1) is 17.4 Å². The van der Waals surface area contributed by atoms with Crippen LogP contribution >= 0.6 is 0 Å². The zero-order chi connectivity index (χ0) is 13.1. The topological polar surface area (TPSA) is 85.4 Å². The first-order valence-electron chi connectivity index (χ1n) is 4.98. The van der Waals surface area contributed by atoms with Crippen molar-refractivity contribution in [2.75, 3.05) is 5.73 Å². The van der Waals surface area contributed by atoms with Crippen molar-refractivity contribution >= 4 is 11.7 Å². The van der Waals surface area contributed by atoms with Gasteiger partial charge >= 0.3 is 5.97 Å². The minimum atomic E-state index is -1.17.